The first kappa shape index (κ1) is 17.4. The summed E-state index contributed by atoms with van der Waals surface area (Å²) in [7, 11) is 0. The van der Waals surface area contributed by atoms with Gasteiger partial charge in [-0.25, -0.2) is 24.7 Å². The number of rotatable bonds is 1. The molecule has 4 rings (SSSR count). The lowest BCUT2D eigenvalue weighted by Gasteiger charge is -1.95. The number of hydrogen-bond acceptors (Lipinski definition) is 8. The van der Waals surface area contributed by atoms with E-state index in [-0.39, 0.29) is 11.3 Å². The van der Waals surface area contributed by atoms with Gasteiger partial charge in [-0.3, -0.25) is 5.10 Å². The summed E-state index contributed by atoms with van der Waals surface area (Å²) >= 11 is 0. The van der Waals surface area contributed by atoms with Gasteiger partial charge in [0, 0.05) is 12.4 Å². The maximum absolute atomic E-state index is 10.3. The number of carbonyl (C=O) groups is 1. The monoisotopic (exact) mass is 339 g/mol. The van der Waals surface area contributed by atoms with Crippen LogP contribution in [0, 0.1) is 0 Å². The smallest absolute Gasteiger partial charge is 0.339 e. The Morgan fingerprint density at radius 1 is 1.00 bits per heavy atom. The minimum atomic E-state index is -1.11. The Kier molecular flexibility index (Phi) is 6.44. The van der Waals surface area contributed by atoms with E-state index in [1.165, 1.54) is 24.8 Å². The number of aromatic nitrogens is 7. The van der Waals surface area contributed by atoms with Crippen LogP contribution in [-0.2, 0) is 0 Å². The van der Waals surface area contributed by atoms with Crippen molar-refractivity contribution in [3.8, 4) is 5.75 Å². The average molecular weight is 339 g/mol. The minimum Gasteiger partial charge on any atom is -0.507 e. The van der Waals surface area contributed by atoms with E-state index >= 15 is 0 Å². The molecule has 0 aliphatic rings. The topological polar surface area (TPSA) is 151 Å². The maximum Gasteiger partial charge on any atom is 0.339 e. The first-order valence-corrected chi connectivity index (χ1v) is 6.86. The van der Waals surface area contributed by atoms with Crippen LogP contribution in [0.15, 0.2) is 61.6 Å². The first-order valence-electron chi connectivity index (χ1n) is 6.86. The van der Waals surface area contributed by atoms with Gasteiger partial charge in [0.1, 0.15) is 29.5 Å². The molecule has 0 amide bonds. The number of nitrogens with zero attached hydrogens (tertiary/aromatic N) is 6. The predicted octanol–water partition coefficient (Wildman–Crippen LogP) is 1.31. The van der Waals surface area contributed by atoms with Gasteiger partial charge in [-0.1, -0.05) is 17.3 Å². The zero-order chi connectivity index (χ0) is 17.9. The molecule has 1 aromatic carbocycles. The van der Waals surface area contributed by atoms with E-state index in [0.717, 1.165) is 5.52 Å². The van der Waals surface area contributed by atoms with Crippen LogP contribution in [-0.4, -0.2) is 51.5 Å². The van der Waals surface area contributed by atoms with Crippen molar-refractivity contribution in [2.45, 2.75) is 0 Å². The molecule has 0 bridgehead atoms. The molecule has 126 valence electrons. The Balaban J connectivity index is 0.000000139. The number of hydrogen-bond donors (Lipinski definition) is 3. The van der Waals surface area contributed by atoms with Gasteiger partial charge in [0.05, 0.1) is 6.20 Å². The van der Waals surface area contributed by atoms with Crippen LogP contribution in [0.3, 0.4) is 0 Å². The Hall–Kier alpha value is -3.95. The fourth-order valence-corrected chi connectivity index (χ4v) is 1.52. The number of carboxylic acids is 1. The van der Waals surface area contributed by atoms with E-state index in [1.807, 2.05) is 0 Å². The molecule has 0 fully saturated rings. The van der Waals surface area contributed by atoms with Gasteiger partial charge in [-0.05, 0) is 18.2 Å². The molecule has 4 aromatic rings. The van der Waals surface area contributed by atoms with Crippen molar-refractivity contribution in [2.24, 2.45) is 0 Å². The predicted molar refractivity (Wildman–Crippen MR) is 86.6 cm³/mol. The molecule has 0 atom stereocenters. The molecule has 0 saturated carbocycles. The van der Waals surface area contributed by atoms with E-state index in [9.17, 15) is 4.79 Å². The van der Waals surface area contributed by atoms with E-state index in [1.54, 1.807) is 36.8 Å². The Labute approximate surface area is 141 Å². The highest BCUT2D eigenvalue weighted by atomic mass is 16.4. The summed E-state index contributed by atoms with van der Waals surface area (Å²) in [6, 6.07) is 7.59. The summed E-state index contributed by atoms with van der Waals surface area (Å²) in [4.78, 5) is 25.2. The van der Waals surface area contributed by atoms with Crippen LogP contribution < -0.4 is 0 Å². The summed E-state index contributed by atoms with van der Waals surface area (Å²) in [5.74, 6) is -1.31. The summed E-state index contributed by atoms with van der Waals surface area (Å²) in [5, 5.41) is 27.1. The van der Waals surface area contributed by atoms with Crippen LogP contribution in [0.2, 0.25) is 0 Å². The molecule has 0 spiro atoms. The van der Waals surface area contributed by atoms with Gasteiger partial charge in [0.15, 0.2) is 0 Å². The van der Waals surface area contributed by atoms with Crippen molar-refractivity contribution in [1.29, 1.82) is 0 Å². The van der Waals surface area contributed by atoms with Crippen LogP contribution in [0.25, 0.3) is 11.2 Å². The lowest BCUT2D eigenvalue weighted by Crippen LogP contribution is -1.95. The number of benzene rings is 1. The van der Waals surface area contributed by atoms with E-state index < -0.39 is 5.97 Å². The summed E-state index contributed by atoms with van der Waals surface area (Å²) < 4.78 is 0. The molecule has 0 unspecified atom stereocenters. The molecule has 0 aliphatic heterocycles. The fourth-order valence-electron chi connectivity index (χ4n) is 1.52. The highest BCUT2D eigenvalue weighted by Crippen LogP contribution is 2.14. The van der Waals surface area contributed by atoms with Crippen molar-refractivity contribution < 1.29 is 15.0 Å². The number of para-hydroxylation sites is 1. The first-order chi connectivity index (χ1) is 12.2. The molecule has 25 heavy (non-hydrogen) atoms. The number of aromatic hydroxyl groups is 1. The van der Waals surface area contributed by atoms with Gasteiger partial charge in [-0.2, -0.15) is 0 Å². The van der Waals surface area contributed by atoms with Gasteiger partial charge >= 0.3 is 5.97 Å². The summed E-state index contributed by atoms with van der Waals surface area (Å²) in [6.07, 6.45) is 7.94. The van der Waals surface area contributed by atoms with Crippen LogP contribution in [0.4, 0.5) is 0 Å². The van der Waals surface area contributed by atoms with Gasteiger partial charge < -0.3 is 10.2 Å². The standard InChI is InChI=1S/C7H6O3.C4H3N5.C4H4N2/c8-6-4-2-1-3-5(6)7(9)10;1-3-4(6-2-5-1)8-9-7-3;1-2-5-4-6-3-1/h1-4,8H,(H,9,10);1-2H,(H,5,6,7,8,9);1-4H. The van der Waals surface area contributed by atoms with E-state index in [0.29, 0.717) is 5.65 Å². The number of carboxylic acid groups (broad SMARTS) is 1. The third kappa shape index (κ3) is 5.63. The molecular weight excluding hydrogens is 326 g/mol. The molecule has 3 N–H and O–H groups in total. The normalized spacial score (nSPS) is 9.28. The molecular formula is C15H13N7O3. The van der Waals surface area contributed by atoms with Crippen molar-refractivity contribution >= 4 is 17.1 Å². The number of fused-ring (bicyclic) bond motifs is 1. The number of aromatic amines is 1. The number of phenols is 1. The second-order valence-corrected chi connectivity index (χ2v) is 4.30. The Bertz CT molecular complexity index is 858. The SMILES string of the molecule is O=C(O)c1ccccc1O.c1cncnc1.c1ncc2[nH]nnc2n1. The minimum absolute atomic E-state index is 0.0671. The van der Waals surface area contributed by atoms with E-state index in [4.69, 9.17) is 10.2 Å². The van der Waals surface area contributed by atoms with Crippen LogP contribution >= 0.6 is 0 Å². The van der Waals surface area contributed by atoms with Crippen molar-refractivity contribution in [3.05, 3.63) is 67.1 Å². The molecule has 10 nitrogen and oxygen atoms in total. The lowest BCUT2D eigenvalue weighted by atomic mass is 10.2. The molecule has 0 radical (unpaired) electrons. The lowest BCUT2D eigenvalue weighted by molar-refractivity contribution is 0.0693. The number of H-pyrrole nitrogens is 1. The molecule has 3 heterocycles. The maximum atomic E-state index is 10.3. The highest BCUT2D eigenvalue weighted by molar-refractivity contribution is 5.90. The van der Waals surface area contributed by atoms with Gasteiger partial charge in [0.25, 0.3) is 0 Å². The quantitative estimate of drug-likeness (QED) is 0.466. The zero-order valence-corrected chi connectivity index (χ0v) is 12.8. The zero-order valence-electron chi connectivity index (χ0n) is 12.8. The third-order valence-electron chi connectivity index (χ3n) is 2.62. The Morgan fingerprint density at radius 2 is 1.76 bits per heavy atom. The van der Waals surface area contributed by atoms with Crippen LogP contribution in [0.5, 0.6) is 5.75 Å². The summed E-state index contributed by atoms with van der Waals surface area (Å²) in [6.45, 7) is 0. The van der Waals surface area contributed by atoms with Crippen molar-refractivity contribution in [3.63, 3.8) is 0 Å². The second kappa shape index (κ2) is 9.25. The summed E-state index contributed by atoms with van der Waals surface area (Å²) in [5.41, 5.74) is 1.30. The molecule has 10 heteroatoms. The fraction of sp³-hybridized carbons (Fsp3) is 0. The van der Waals surface area contributed by atoms with Crippen LogP contribution in [0.1, 0.15) is 10.4 Å². The highest BCUT2D eigenvalue weighted by Gasteiger charge is 2.05. The second-order valence-electron chi connectivity index (χ2n) is 4.30. The van der Waals surface area contributed by atoms with Crippen molar-refractivity contribution in [2.75, 3.05) is 0 Å². The third-order valence-corrected chi connectivity index (χ3v) is 2.62. The largest absolute Gasteiger partial charge is 0.507 e. The van der Waals surface area contributed by atoms with Gasteiger partial charge in [-0.15, -0.1) is 5.10 Å². The Morgan fingerprint density at radius 3 is 2.28 bits per heavy atom. The average Bonchev–Trinajstić information content (AvgIpc) is 3.13. The molecule has 3 aromatic heterocycles. The number of aromatic carboxylic acids is 1. The van der Waals surface area contributed by atoms with E-state index in [2.05, 4.69) is 35.3 Å². The van der Waals surface area contributed by atoms with Crippen molar-refractivity contribution in [1.82, 2.24) is 35.3 Å². The van der Waals surface area contributed by atoms with Gasteiger partial charge in [0.2, 0.25) is 5.65 Å². The molecule has 0 aliphatic carbocycles. The molecule has 0 saturated heterocycles. The number of nitrogens with one attached hydrogen (secondary N) is 1.